The van der Waals surface area contributed by atoms with Crippen LogP contribution in [-0.4, -0.2) is 73.3 Å². The number of imidazole rings is 1. The fraction of sp³-hybridized carbons (Fsp3) is 0.312. The molecule has 1 aliphatic rings. The second-order valence-electron chi connectivity index (χ2n) is 5.72. The van der Waals surface area contributed by atoms with E-state index in [1.165, 1.54) is 10.9 Å². The standard InChI is InChI=1S/C16H17N7O3/c24-15(4-3-12-8-17-11-19-12)22-6-7-25-13(9-22)10-26-23-16-14(20-21-23)2-1-5-18-16/h1-5,8,11,13H,6-7,9-10H2,(H,17,19). The summed E-state index contributed by atoms with van der Waals surface area (Å²) in [5.41, 5.74) is 1.97. The average Bonchev–Trinajstić information content (AvgIpc) is 3.34. The first kappa shape index (κ1) is 16.2. The lowest BCUT2D eigenvalue weighted by Crippen LogP contribution is -2.47. The first-order chi connectivity index (χ1) is 12.8. The van der Waals surface area contributed by atoms with Crippen molar-refractivity contribution in [1.29, 1.82) is 0 Å². The van der Waals surface area contributed by atoms with Gasteiger partial charge in [-0.3, -0.25) is 4.79 Å². The second kappa shape index (κ2) is 7.31. The monoisotopic (exact) mass is 355 g/mol. The van der Waals surface area contributed by atoms with E-state index in [9.17, 15) is 4.79 Å². The van der Waals surface area contributed by atoms with Gasteiger partial charge in [0.05, 0.1) is 31.4 Å². The Kier molecular flexibility index (Phi) is 4.56. The molecular formula is C16H17N7O3. The Balaban J connectivity index is 1.34. The molecule has 4 rings (SSSR count). The fourth-order valence-corrected chi connectivity index (χ4v) is 2.63. The summed E-state index contributed by atoms with van der Waals surface area (Å²) < 4.78 is 5.68. The van der Waals surface area contributed by atoms with Crippen LogP contribution in [0.25, 0.3) is 17.2 Å². The topological polar surface area (TPSA) is 111 Å². The van der Waals surface area contributed by atoms with E-state index >= 15 is 0 Å². The molecule has 1 aliphatic heterocycles. The van der Waals surface area contributed by atoms with Gasteiger partial charge >= 0.3 is 0 Å². The summed E-state index contributed by atoms with van der Waals surface area (Å²) in [6.45, 7) is 1.67. The van der Waals surface area contributed by atoms with Crippen molar-refractivity contribution in [3.05, 3.63) is 42.6 Å². The molecule has 3 aromatic rings. The highest BCUT2D eigenvalue weighted by atomic mass is 16.7. The first-order valence-electron chi connectivity index (χ1n) is 8.16. The van der Waals surface area contributed by atoms with Crippen LogP contribution in [0.4, 0.5) is 0 Å². The van der Waals surface area contributed by atoms with Crippen molar-refractivity contribution in [3.8, 4) is 0 Å². The maximum Gasteiger partial charge on any atom is 0.246 e. The molecule has 1 N–H and O–H groups in total. The van der Waals surface area contributed by atoms with Crippen LogP contribution in [0.3, 0.4) is 0 Å². The van der Waals surface area contributed by atoms with E-state index in [-0.39, 0.29) is 18.6 Å². The number of carbonyl (C=O) groups is 1. The SMILES string of the molecule is O=C(C=Cc1cnc[nH]1)N1CCOC(COn2nnc3cccnc32)C1. The third-order valence-corrected chi connectivity index (χ3v) is 3.94. The highest BCUT2D eigenvalue weighted by Crippen LogP contribution is 2.08. The zero-order chi connectivity index (χ0) is 17.8. The number of nitrogens with zero attached hydrogens (tertiary/aromatic N) is 6. The maximum absolute atomic E-state index is 12.3. The quantitative estimate of drug-likeness (QED) is 0.637. The lowest BCUT2D eigenvalue weighted by atomic mass is 10.2. The van der Waals surface area contributed by atoms with Crippen molar-refractivity contribution in [2.75, 3.05) is 26.3 Å². The molecule has 26 heavy (non-hydrogen) atoms. The van der Waals surface area contributed by atoms with Crippen LogP contribution >= 0.6 is 0 Å². The molecular weight excluding hydrogens is 338 g/mol. The number of hydrogen-bond acceptors (Lipinski definition) is 7. The van der Waals surface area contributed by atoms with Crippen molar-refractivity contribution in [1.82, 2.24) is 35.0 Å². The van der Waals surface area contributed by atoms with Gasteiger partial charge in [0.2, 0.25) is 11.6 Å². The Morgan fingerprint density at radius 3 is 3.35 bits per heavy atom. The van der Waals surface area contributed by atoms with E-state index in [0.29, 0.717) is 30.9 Å². The predicted octanol–water partition coefficient (Wildman–Crippen LogP) is -0.0812. The van der Waals surface area contributed by atoms with Crippen LogP contribution in [0.1, 0.15) is 5.69 Å². The fourth-order valence-electron chi connectivity index (χ4n) is 2.63. The largest absolute Gasteiger partial charge is 0.391 e. The van der Waals surface area contributed by atoms with Gasteiger partial charge in [0.25, 0.3) is 0 Å². The molecule has 1 atom stereocenters. The van der Waals surface area contributed by atoms with Crippen LogP contribution < -0.4 is 4.84 Å². The van der Waals surface area contributed by atoms with Gasteiger partial charge in [0, 0.05) is 18.8 Å². The van der Waals surface area contributed by atoms with Gasteiger partial charge in [-0.05, 0) is 23.4 Å². The summed E-state index contributed by atoms with van der Waals surface area (Å²) in [6.07, 6.45) is 7.83. The van der Waals surface area contributed by atoms with Crippen molar-refractivity contribution < 1.29 is 14.4 Å². The van der Waals surface area contributed by atoms with Crippen LogP contribution in [0.5, 0.6) is 0 Å². The van der Waals surface area contributed by atoms with Crippen LogP contribution in [0.15, 0.2) is 36.9 Å². The number of amides is 1. The number of pyridine rings is 1. The van der Waals surface area contributed by atoms with Crippen molar-refractivity contribution >= 4 is 23.1 Å². The molecule has 0 saturated carbocycles. The van der Waals surface area contributed by atoms with Gasteiger partial charge in [-0.1, -0.05) is 4.85 Å². The van der Waals surface area contributed by atoms with Crippen LogP contribution in [-0.2, 0) is 9.53 Å². The Labute approximate surface area is 148 Å². The lowest BCUT2D eigenvalue weighted by Gasteiger charge is -2.31. The molecule has 0 bridgehead atoms. The number of ether oxygens (including phenoxy) is 1. The minimum atomic E-state index is -0.254. The molecule has 0 aliphatic carbocycles. The zero-order valence-corrected chi connectivity index (χ0v) is 13.9. The molecule has 1 saturated heterocycles. The predicted molar refractivity (Wildman–Crippen MR) is 90.7 cm³/mol. The molecule has 0 aromatic carbocycles. The maximum atomic E-state index is 12.3. The van der Waals surface area contributed by atoms with E-state index in [0.717, 1.165) is 5.69 Å². The van der Waals surface area contributed by atoms with Crippen LogP contribution in [0, 0.1) is 0 Å². The molecule has 10 nitrogen and oxygen atoms in total. The Hall–Kier alpha value is -3.27. The third kappa shape index (κ3) is 3.54. The Morgan fingerprint density at radius 1 is 1.50 bits per heavy atom. The van der Waals surface area contributed by atoms with E-state index < -0.39 is 0 Å². The highest BCUT2D eigenvalue weighted by molar-refractivity contribution is 5.91. The normalized spacial score (nSPS) is 17.8. The number of morpholine rings is 1. The molecule has 0 radical (unpaired) electrons. The molecule has 1 amide bonds. The Morgan fingerprint density at radius 2 is 2.46 bits per heavy atom. The van der Waals surface area contributed by atoms with Crippen molar-refractivity contribution in [2.45, 2.75) is 6.10 Å². The minimum absolute atomic E-state index is 0.0826. The second-order valence-corrected chi connectivity index (χ2v) is 5.72. The minimum Gasteiger partial charge on any atom is -0.391 e. The average molecular weight is 355 g/mol. The molecule has 10 heteroatoms. The number of carbonyl (C=O) groups excluding carboxylic acids is 1. The first-order valence-corrected chi connectivity index (χ1v) is 8.16. The number of aromatic nitrogens is 6. The van der Waals surface area contributed by atoms with Gasteiger partial charge < -0.3 is 19.5 Å². The molecule has 134 valence electrons. The van der Waals surface area contributed by atoms with E-state index in [1.807, 2.05) is 0 Å². The number of H-pyrrole nitrogens is 1. The summed E-state index contributed by atoms with van der Waals surface area (Å²) in [5, 5.41) is 7.89. The number of fused-ring (bicyclic) bond motifs is 1. The molecule has 1 fully saturated rings. The van der Waals surface area contributed by atoms with Gasteiger partial charge in [-0.2, -0.15) is 0 Å². The van der Waals surface area contributed by atoms with E-state index in [1.54, 1.807) is 41.8 Å². The van der Waals surface area contributed by atoms with Crippen LogP contribution in [0.2, 0.25) is 0 Å². The van der Waals surface area contributed by atoms with Crippen molar-refractivity contribution in [3.63, 3.8) is 0 Å². The number of rotatable bonds is 5. The highest BCUT2D eigenvalue weighted by Gasteiger charge is 2.24. The van der Waals surface area contributed by atoms with E-state index in [2.05, 4.69) is 25.3 Å². The number of nitrogens with one attached hydrogen (secondary N) is 1. The van der Waals surface area contributed by atoms with Gasteiger partial charge in [-0.25, -0.2) is 9.97 Å². The Bertz CT molecular complexity index is 906. The number of hydrogen-bond donors (Lipinski definition) is 1. The molecule has 1 unspecified atom stereocenters. The summed E-state index contributed by atoms with van der Waals surface area (Å²) in [4.78, 5) is 32.0. The van der Waals surface area contributed by atoms with Gasteiger partial charge in [-0.15, -0.1) is 5.10 Å². The molecule has 0 spiro atoms. The summed E-state index contributed by atoms with van der Waals surface area (Å²) >= 11 is 0. The zero-order valence-electron chi connectivity index (χ0n) is 13.9. The van der Waals surface area contributed by atoms with Crippen molar-refractivity contribution in [2.24, 2.45) is 0 Å². The van der Waals surface area contributed by atoms with Gasteiger partial charge in [0.1, 0.15) is 18.2 Å². The lowest BCUT2D eigenvalue weighted by molar-refractivity contribution is -0.136. The molecule has 3 aromatic heterocycles. The molecule has 4 heterocycles. The summed E-state index contributed by atoms with van der Waals surface area (Å²) in [5.74, 6) is -0.0826. The smallest absolute Gasteiger partial charge is 0.246 e. The summed E-state index contributed by atoms with van der Waals surface area (Å²) in [6, 6.07) is 3.59. The third-order valence-electron chi connectivity index (χ3n) is 3.94. The summed E-state index contributed by atoms with van der Waals surface area (Å²) in [7, 11) is 0. The van der Waals surface area contributed by atoms with E-state index in [4.69, 9.17) is 9.57 Å². The number of aromatic amines is 1. The van der Waals surface area contributed by atoms with Gasteiger partial charge in [0.15, 0.2) is 0 Å².